The molecule has 0 bridgehead atoms. The van der Waals surface area contributed by atoms with Crippen LogP contribution in [0.2, 0.25) is 0 Å². The van der Waals surface area contributed by atoms with Gasteiger partial charge in [0.2, 0.25) is 0 Å². The highest BCUT2D eigenvalue weighted by atomic mass is 19.1. The normalized spacial score (nSPS) is 12.2. The molecule has 130 valence electrons. The zero-order chi connectivity index (χ0) is 17.8. The average Bonchev–Trinajstić information content (AvgIpc) is 3.02. The lowest BCUT2D eigenvalue weighted by atomic mass is 10.1. The van der Waals surface area contributed by atoms with Crippen LogP contribution in [0, 0.1) is 5.82 Å². The molecule has 1 amide bonds. The van der Waals surface area contributed by atoms with E-state index in [1.807, 2.05) is 13.0 Å². The zero-order valence-electron chi connectivity index (χ0n) is 13.8. The van der Waals surface area contributed by atoms with Crippen LogP contribution in [0.4, 0.5) is 10.2 Å². The van der Waals surface area contributed by atoms with E-state index in [1.54, 1.807) is 18.5 Å². The Bertz CT molecular complexity index is 861. The van der Waals surface area contributed by atoms with E-state index in [0.717, 1.165) is 23.9 Å². The van der Waals surface area contributed by atoms with Gasteiger partial charge in [-0.15, -0.1) is 0 Å². The average molecular weight is 342 g/mol. The SMILES string of the molecule is C[C@@H](CCCc1cnc(N)c(F)c1)NC(=O)c1nc2ncccc2[nH]1. The van der Waals surface area contributed by atoms with Crippen molar-refractivity contribution in [3.05, 3.63) is 47.8 Å². The maximum absolute atomic E-state index is 13.4. The molecule has 4 N–H and O–H groups in total. The highest BCUT2D eigenvalue weighted by Gasteiger charge is 2.14. The van der Waals surface area contributed by atoms with Gasteiger partial charge in [0, 0.05) is 18.4 Å². The number of anilines is 1. The molecule has 1 atom stereocenters. The van der Waals surface area contributed by atoms with Gasteiger partial charge in [0.15, 0.2) is 23.1 Å². The van der Waals surface area contributed by atoms with Crippen molar-refractivity contribution in [1.82, 2.24) is 25.3 Å². The van der Waals surface area contributed by atoms with Crippen LogP contribution in [0.3, 0.4) is 0 Å². The summed E-state index contributed by atoms with van der Waals surface area (Å²) in [6.07, 6.45) is 5.40. The molecule has 7 nitrogen and oxygen atoms in total. The molecule has 0 aliphatic heterocycles. The quantitative estimate of drug-likeness (QED) is 0.636. The second-order valence-corrected chi connectivity index (χ2v) is 5.94. The summed E-state index contributed by atoms with van der Waals surface area (Å²) in [6, 6.07) is 4.95. The Balaban J connectivity index is 1.50. The van der Waals surface area contributed by atoms with Crippen LogP contribution in [0.1, 0.15) is 35.9 Å². The van der Waals surface area contributed by atoms with Crippen molar-refractivity contribution < 1.29 is 9.18 Å². The van der Waals surface area contributed by atoms with E-state index in [-0.39, 0.29) is 23.6 Å². The van der Waals surface area contributed by atoms with Gasteiger partial charge >= 0.3 is 0 Å². The van der Waals surface area contributed by atoms with Gasteiger partial charge in [-0.25, -0.2) is 19.3 Å². The van der Waals surface area contributed by atoms with Gasteiger partial charge in [-0.1, -0.05) is 0 Å². The molecule has 0 aromatic carbocycles. The summed E-state index contributed by atoms with van der Waals surface area (Å²) >= 11 is 0. The van der Waals surface area contributed by atoms with Crippen LogP contribution < -0.4 is 11.1 Å². The van der Waals surface area contributed by atoms with Gasteiger partial charge in [0.05, 0.1) is 5.52 Å². The number of aryl methyl sites for hydroxylation is 1. The molecule has 25 heavy (non-hydrogen) atoms. The van der Waals surface area contributed by atoms with E-state index < -0.39 is 5.82 Å². The smallest absolute Gasteiger partial charge is 0.287 e. The van der Waals surface area contributed by atoms with E-state index in [0.29, 0.717) is 12.1 Å². The summed E-state index contributed by atoms with van der Waals surface area (Å²) in [5.74, 6) is -0.627. The van der Waals surface area contributed by atoms with Crippen LogP contribution >= 0.6 is 0 Å². The Labute approximate surface area is 143 Å². The summed E-state index contributed by atoms with van der Waals surface area (Å²) in [6.45, 7) is 1.92. The van der Waals surface area contributed by atoms with Crippen molar-refractivity contribution in [2.45, 2.75) is 32.2 Å². The first-order valence-electron chi connectivity index (χ1n) is 8.04. The number of fused-ring (bicyclic) bond motifs is 1. The number of hydrogen-bond acceptors (Lipinski definition) is 5. The van der Waals surface area contributed by atoms with Crippen LogP contribution in [-0.4, -0.2) is 31.9 Å². The summed E-state index contributed by atoms with van der Waals surface area (Å²) < 4.78 is 13.4. The van der Waals surface area contributed by atoms with Gasteiger partial charge in [-0.3, -0.25) is 4.79 Å². The van der Waals surface area contributed by atoms with E-state index in [9.17, 15) is 9.18 Å². The minimum Gasteiger partial charge on any atom is -0.381 e. The number of carbonyl (C=O) groups excluding carboxylic acids is 1. The molecule has 0 spiro atoms. The molecule has 0 saturated heterocycles. The second-order valence-electron chi connectivity index (χ2n) is 5.94. The minimum atomic E-state index is -0.502. The summed E-state index contributed by atoms with van der Waals surface area (Å²) in [7, 11) is 0. The predicted octanol–water partition coefficient (Wildman–Crippen LogP) is 2.22. The fourth-order valence-electron chi connectivity index (χ4n) is 2.55. The van der Waals surface area contributed by atoms with E-state index >= 15 is 0 Å². The lowest BCUT2D eigenvalue weighted by molar-refractivity contribution is 0.0929. The molecular formula is C17H19FN6O. The van der Waals surface area contributed by atoms with Crippen LogP contribution in [-0.2, 0) is 6.42 Å². The van der Waals surface area contributed by atoms with Crippen molar-refractivity contribution in [3.63, 3.8) is 0 Å². The van der Waals surface area contributed by atoms with E-state index in [2.05, 4.69) is 25.3 Å². The number of halogens is 1. The zero-order valence-corrected chi connectivity index (χ0v) is 13.8. The molecule has 0 radical (unpaired) electrons. The highest BCUT2D eigenvalue weighted by Crippen LogP contribution is 2.12. The Morgan fingerprint density at radius 3 is 3.04 bits per heavy atom. The molecule has 0 fully saturated rings. The third-order valence-corrected chi connectivity index (χ3v) is 3.88. The van der Waals surface area contributed by atoms with E-state index in [1.165, 1.54) is 6.07 Å². The van der Waals surface area contributed by atoms with Gasteiger partial charge < -0.3 is 16.0 Å². The summed E-state index contributed by atoms with van der Waals surface area (Å²) in [4.78, 5) is 27.2. The number of hydrogen-bond donors (Lipinski definition) is 3. The molecule has 3 aromatic heterocycles. The maximum Gasteiger partial charge on any atom is 0.287 e. The number of amides is 1. The minimum absolute atomic E-state index is 0.0414. The molecule has 0 aliphatic carbocycles. The van der Waals surface area contributed by atoms with Crippen molar-refractivity contribution >= 4 is 22.9 Å². The van der Waals surface area contributed by atoms with Gasteiger partial charge in [0.25, 0.3) is 5.91 Å². The molecule has 3 rings (SSSR count). The monoisotopic (exact) mass is 342 g/mol. The largest absolute Gasteiger partial charge is 0.381 e. The number of nitrogen functional groups attached to an aromatic ring is 1. The van der Waals surface area contributed by atoms with Crippen molar-refractivity contribution in [3.8, 4) is 0 Å². The molecule has 3 heterocycles. The first-order chi connectivity index (χ1) is 12.0. The van der Waals surface area contributed by atoms with Crippen molar-refractivity contribution in [2.24, 2.45) is 0 Å². The number of aromatic nitrogens is 4. The molecule has 0 unspecified atom stereocenters. The molecule has 0 saturated carbocycles. The number of nitrogens with zero attached hydrogens (tertiary/aromatic N) is 3. The Morgan fingerprint density at radius 2 is 2.28 bits per heavy atom. The number of H-pyrrole nitrogens is 1. The van der Waals surface area contributed by atoms with Crippen molar-refractivity contribution in [1.29, 1.82) is 0 Å². The summed E-state index contributed by atoms with van der Waals surface area (Å²) in [5.41, 5.74) is 7.38. The lowest BCUT2D eigenvalue weighted by Gasteiger charge is -2.12. The van der Waals surface area contributed by atoms with Gasteiger partial charge in [-0.2, -0.15) is 0 Å². The lowest BCUT2D eigenvalue weighted by Crippen LogP contribution is -2.33. The van der Waals surface area contributed by atoms with Gasteiger partial charge in [-0.05, 0) is 49.9 Å². The summed E-state index contributed by atoms with van der Waals surface area (Å²) in [5, 5.41) is 2.89. The predicted molar refractivity (Wildman–Crippen MR) is 92.4 cm³/mol. The molecule has 3 aromatic rings. The standard InChI is InChI=1S/C17H19FN6O/c1-10(4-2-5-11-8-12(18)14(19)21-9-11)22-17(25)16-23-13-6-3-7-20-15(13)24-16/h3,6-10H,2,4-5H2,1H3,(H2,19,21)(H,22,25)(H,20,23,24)/t10-/m0/s1. The maximum atomic E-state index is 13.4. The Hall–Kier alpha value is -3.03. The number of nitrogens with two attached hydrogens (primary N) is 1. The third-order valence-electron chi connectivity index (χ3n) is 3.88. The fourth-order valence-corrected chi connectivity index (χ4v) is 2.55. The van der Waals surface area contributed by atoms with E-state index in [4.69, 9.17) is 5.73 Å². The van der Waals surface area contributed by atoms with Crippen LogP contribution in [0.15, 0.2) is 30.6 Å². The highest BCUT2D eigenvalue weighted by molar-refractivity contribution is 5.93. The topological polar surface area (TPSA) is 110 Å². The first-order valence-corrected chi connectivity index (χ1v) is 8.04. The number of aromatic amines is 1. The van der Waals surface area contributed by atoms with Gasteiger partial charge in [0.1, 0.15) is 0 Å². The number of carbonyl (C=O) groups is 1. The third kappa shape index (κ3) is 4.09. The Kier molecular flexibility index (Phi) is 4.87. The number of pyridine rings is 2. The second kappa shape index (κ2) is 7.25. The molecule has 8 heteroatoms. The first kappa shape index (κ1) is 16.8. The number of imidazole rings is 1. The number of rotatable bonds is 6. The number of nitrogens with one attached hydrogen (secondary N) is 2. The molecular weight excluding hydrogens is 323 g/mol. The van der Waals surface area contributed by atoms with Crippen molar-refractivity contribution in [2.75, 3.05) is 5.73 Å². The van der Waals surface area contributed by atoms with Crippen LogP contribution in [0.25, 0.3) is 11.2 Å². The Morgan fingerprint density at radius 1 is 1.44 bits per heavy atom. The molecule has 0 aliphatic rings. The van der Waals surface area contributed by atoms with Crippen LogP contribution in [0.5, 0.6) is 0 Å². The fraction of sp³-hybridized carbons (Fsp3) is 0.294.